The summed E-state index contributed by atoms with van der Waals surface area (Å²) in [6.07, 6.45) is 5.14. The van der Waals surface area contributed by atoms with Gasteiger partial charge in [0.1, 0.15) is 0 Å². The Hall–Kier alpha value is -1.75. The summed E-state index contributed by atoms with van der Waals surface area (Å²) in [4.78, 5) is 14.4. The fraction of sp³-hybridized carbons (Fsp3) is 0.611. The largest absolute Gasteiger partial charge is 0.393 e. The Kier molecular flexibility index (Phi) is 5.06. The summed E-state index contributed by atoms with van der Waals surface area (Å²) in [5.74, 6) is 0.194. The molecule has 1 saturated heterocycles. The van der Waals surface area contributed by atoms with Crippen molar-refractivity contribution in [3.05, 3.63) is 23.8 Å². The van der Waals surface area contributed by atoms with Gasteiger partial charge in [-0.25, -0.2) is 4.79 Å². The number of nitrogens with one attached hydrogen (secondary N) is 2. The standard InChI is InChI=1S/C18H27N3O2/c1-13-11-15(7-8-16(13)21-9-2-3-10-21)20-18(23)19-12-14-5-4-6-17(14)22/h7-8,11,14,17,22H,2-6,9-10,12H2,1H3,(H2,19,20,23)/t14-,17-/m1/s1. The molecule has 2 amide bonds. The van der Waals surface area contributed by atoms with Crippen LogP contribution >= 0.6 is 0 Å². The van der Waals surface area contributed by atoms with Crippen LogP contribution in [0.2, 0.25) is 0 Å². The molecule has 5 heteroatoms. The number of urea groups is 1. The first-order valence-electron chi connectivity index (χ1n) is 8.72. The maximum Gasteiger partial charge on any atom is 0.319 e. The Morgan fingerprint density at radius 1 is 1.26 bits per heavy atom. The number of rotatable bonds is 4. The molecule has 1 aliphatic heterocycles. The van der Waals surface area contributed by atoms with E-state index < -0.39 is 0 Å². The minimum Gasteiger partial charge on any atom is -0.393 e. The summed E-state index contributed by atoms with van der Waals surface area (Å²) in [6, 6.07) is 5.89. The second kappa shape index (κ2) is 7.21. The third-order valence-corrected chi connectivity index (χ3v) is 5.05. The molecule has 1 aromatic carbocycles. The highest BCUT2D eigenvalue weighted by atomic mass is 16.3. The van der Waals surface area contributed by atoms with Crippen molar-refractivity contribution >= 4 is 17.4 Å². The van der Waals surface area contributed by atoms with Crippen LogP contribution in [-0.4, -0.2) is 36.9 Å². The highest BCUT2D eigenvalue weighted by Crippen LogP contribution is 2.27. The van der Waals surface area contributed by atoms with Crippen molar-refractivity contribution in [1.29, 1.82) is 0 Å². The van der Waals surface area contributed by atoms with Crippen LogP contribution in [0.25, 0.3) is 0 Å². The maximum atomic E-state index is 12.0. The number of aliphatic hydroxyl groups excluding tert-OH is 1. The molecule has 1 heterocycles. The minimum absolute atomic E-state index is 0.194. The summed E-state index contributed by atoms with van der Waals surface area (Å²) in [6.45, 7) is 4.87. The molecule has 1 aromatic rings. The molecule has 2 atom stereocenters. The van der Waals surface area contributed by atoms with Crippen LogP contribution in [0.1, 0.15) is 37.7 Å². The van der Waals surface area contributed by atoms with Gasteiger partial charge in [-0.1, -0.05) is 6.42 Å². The maximum absolute atomic E-state index is 12.0. The van der Waals surface area contributed by atoms with Crippen LogP contribution in [0, 0.1) is 12.8 Å². The van der Waals surface area contributed by atoms with Gasteiger partial charge in [-0.05, 0) is 56.4 Å². The first-order valence-corrected chi connectivity index (χ1v) is 8.72. The van der Waals surface area contributed by atoms with Gasteiger partial charge in [0, 0.05) is 36.9 Å². The van der Waals surface area contributed by atoms with E-state index in [0.29, 0.717) is 6.54 Å². The fourth-order valence-electron chi connectivity index (χ4n) is 3.70. The van der Waals surface area contributed by atoms with Gasteiger partial charge in [-0.15, -0.1) is 0 Å². The number of amides is 2. The van der Waals surface area contributed by atoms with Crippen LogP contribution in [0.3, 0.4) is 0 Å². The van der Waals surface area contributed by atoms with Crippen molar-refractivity contribution in [1.82, 2.24) is 5.32 Å². The van der Waals surface area contributed by atoms with Gasteiger partial charge < -0.3 is 20.6 Å². The molecule has 0 aromatic heterocycles. The normalized spacial score (nSPS) is 24.0. The Bertz CT molecular complexity index is 555. The molecule has 2 aliphatic rings. The molecule has 0 bridgehead atoms. The number of anilines is 2. The lowest BCUT2D eigenvalue weighted by Crippen LogP contribution is -2.35. The number of aliphatic hydroxyl groups is 1. The predicted molar refractivity (Wildman–Crippen MR) is 93.0 cm³/mol. The Morgan fingerprint density at radius 3 is 2.70 bits per heavy atom. The molecule has 2 fully saturated rings. The molecule has 0 radical (unpaired) electrons. The molecule has 23 heavy (non-hydrogen) atoms. The topological polar surface area (TPSA) is 64.6 Å². The van der Waals surface area contributed by atoms with E-state index in [-0.39, 0.29) is 18.1 Å². The molecule has 5 nitrogen and oxygen atoms in total. The number of benzene rings is 1. The summed E-state index contributed by atoms with van der Waals surface area (Å²) in [7, 11) is 0. The van der Waals surface area contributed by atoms with E-state index in [1.165, 1.54) is 24.1 Å². The molecule has 1 aliphatic carbocycles. The van der Waals surface area contributed by atoms with Crippen LogP contribution in [0.15, 0.2) is 18.2 Å². The second-order valence-corrected chi connectivity index (χ2v) is 6.79. The van der Waals surface area contributed by atoms with Crippen molar-refractivity contribution < 1.29 is 9.90 Å². The number of hydrogen-bond acceptors (Lipinski definition) is 3. The van der Waals surface area contributed by atoms with Gasteiger partial charge in [0.15, 0.2) is 0 Å². The van der Waals surface area contributed by atoms with Crippen molar-refractivity contribution in [3.8, 4) is 0 Å². The highest BCUT2D eigenvalue weighted by Gasteiger charge is 2.25. The monoisotopic (exact) mass is 317 g/mol. The zero-order valence-electron chi connectivity index (χ0n) is 13.8. The molecular weight excluding hydrogens is 290 g/mol. The smallest absolute Gasteiger partial charge is 0.319 e. The van der Waals surface area contributed by atoms with E-state index in [9.17, 15) is 9.90 Å². The van der Waals surface area contributed by atoms with E-state index in [1.807, 2.05) is 12.1 Å². The molecule has 0 unspecified atom stereocenters. The SMILES string of the molecule is Cc1cc(NC(=O)NC[C@H]2CCC[C@H]2O)ccc1N1CCCC1. The molecule has 3 N–H and O–H groups in total. The first kappa shape index (κ1) is 16.1. The quantitative estimate of drug-likeness (QED) is 0.800. The van der Waals surface area contributed by atoms with Crippen LogP contribution in [-0.2, 0) is 0 Å². The first-order chi connectivity index (χ1) is 11.1. The predicted octanol–water partition coefficient (Wildman–Crippen LogP) is 2.88. The van der Waals surface area contributed by atoms with E-state index in [2.05, 4.69) is 28.5 Å². The van der Waals surface area contributed by atoms with Gasteiger partial charge in [0.05, 0.1) is 6.10 Å². The van der Waals surface area contributed by atoms with E-state index in [1.54, 1.807) is 0 Å². The molecular formula is C18H27N3O2. The summed E-state index contributed by atoms with van der Waals surface area (Å²) in [5, 5.41) is 15.5. The van der Waals surface area contributed by atoms with Gasteiger partial charge in [-0.2, -0.15) is 0 Å². The van der Waals surface area contributed by atoms with E-state index in [4.69, 9.17) is 0 Å². The van der Waals surface area contributed by atoms with E-state index in [0.717, 1.165) is 38.0 Å². The van der Waals surface area contributed by atoms with Crippen LogP contribution in [0.4, 0.5) is 16.2 Å². The third kappa shape index (κ3) is 3.96. The average Bonchev–Trinajstić information content (AvgIpc) is 3.17. The zero-order chi connectivity index (χ0) is 16.2. The van der Waals surface area contributed by atoms with Gasteiger partial charge >= 0.3 is 6.03 Å². The Balaban J connectivity index is 1.53. The molecule has 0 spiro atoms. The lowest BCUT2D eigenvalue weighted by molar-refractivity contribution is 0.133. The second-order valence-electron chi connectivity index (χ2n) is 6.79. The number of aryl methyl sites for hydroxylation is 1. The Labute approximate surface area is 138 Å². The van der Waals surface area contributed by atoms with Gasteiger partial charge in [-0.3, -0.25) is 0 Å². The van der Waals surface area contributed by atoms with Crippen molar-refractivity contribution in [2.24, 2.45) is 5.92 Å². The Morgan fingerprint density at radius 2 is 2.04 bits per heavy atom. The third-order valence-electron chi connectivity index (χ3n) is 5.05. The van der Waals surface area contributed by atoms with Gasteiger partial charge in [0.25, 0.3) is 0 Å². The zero-order valence-corrected chi connectivity index (χ0v) is 13.8. The van der Waals surface area contributed by atoms with Crippen LogP contribution in [0.5, 0.6) is 0 Å². The van der Waals surface area contributed by atoms with Crippen molar-refractivity contribution in [3.63, 3.8) is 0 Å². The number of hydrogen-bond donors (Lipinski definition) is 3. The van der Waals surface area contributed by atoms with Crippen LogP contribution < -0.4 is 15.5 Å². The average molecular weight is 317 g/mol. The lowest BCUT2D eigenvalue weighted by Gasteiger charge is -2.21. The van der Waals surface area contributed by atoms with Gasteiger partial charge in [0.2, 0.25) is 0 Å². The van der Waals surface area contributed by atoms with E-state index >= 15 is 0 Å². The van der Waals surface area contributed by atoms with Crippen molar-refractivity contribution in [2.75, 3.05) is 29.9 Å². The number of carbonyl (C=O) groups excluding carboxylic acids is 1. The fourth-order valence-corrected chi connectivity index (χ4v) is 3.70. The molecule has 3 rings (SSSR count). The minimum atomic E-state index is -0.266. The lowest BCUT2D eigenvalue weighted by atomic mass is 10.1. The van der Waals surface area contributed by atoms with Crippen molar-refractivity contribution in [2.45, 2.75) is 45.1 Å². The molecule has 126 valence electrons. The summed E-state index contributed by atoms with van der Waals surface area (Å²) < 4.78 is 0. The summed E-state index contributed by atoms with van der Waals surface area (Å²) >= 11 is 0. The highest BCUT2D eigenvalue weighted by molar-refractivity contribution is 5.89. The molecule has 1 saturated carbocycles. The number of nitrogens with zero attached hydrogens (tertiary/aromatic N) is 1. The number of carbonyl (C=O) groups is 1. The summed E-state index contributed by atoms with van der Waals surface area (Å²) in [5.41, 5.74) is 3.27.